The van der Waals surface area contributed by atoms with Gasteiger partial charge in [-0.05, 0) is 48.5 Å². The van der Waals surface area contributed by atoms with E-state index >= 15 is 0 Å². The van der Waals surface area contributed by atoms with Crippen LogP contribution < -0.4 is 10.2 Å². The standard InChI is InChI=1S/C29H28FN9O2/c1-3-25(40)37-14-16-38(17-15-37)29-26(27(35-36(29)2)19-4-6-21(30)7-5-19)22-8-9-24-32-23(18-39(24)34-22)33-28(41)20-10-12-31-13-11-20/h4-13,18H,3,14-17H2,1-2H3,(H,33,41). The first kappa shape index (κ1) is 26.1. The van der Waals surface area contributed by atoms with E-state index in [9.17, 15) is 14.0 Å². The number of aromatic nitrogens is 6. The van der Waals surface area contributed by atoms with Crippen LogP contribution >= 0.6 is 0 Å². The van der Waals surface area contributed by atoms with E-state index in [1.165, 1.54) is 12.1 Å². The van der Waals surface area contributed by atoms with E-state index in [-0.39, 0.29) is 17.6 Å². The van der Waals surface area contributed by atoms with Crippen molar-refractivity contribution in [3.05, 3.63) is 78.5 Å². The second-order valence-corrected chi connectivity index (χ2v) is 9.74. The summed E-state index contributed by atoms with van der Waals surface area (Å²) < 4.78 is 17.2. The van der Waals surface area contributed by atoms with E-state index in [0.717, 1.165) is 16.9 Å². The quantitative estimate of drug-likeness (QED) is 0.342. The molecule has 5 aromatic rings. The normalized spacial score (nSPS) is 13.5. The second kappa shape index (κ2) is 10.8. The molecular weight excluding hydrogens is 525 g/mol. The van der Waals surface area contributed by atoms with Crippen LogP contribution in [0.15, 0.2) is 67.1 Å². The number of piperazine rings is 1. The lowest BCUT2D eigenvalue weighted by atomic mass is 10.0. The van der Waals surface area contributed by atoms with Crippen LogP contribution in [-0.2, 0) is 11.8 Å². The van der Waals surface area contributed by atoms with Crippen molar-refractivity contribution >= 4 is 29.1 Å². The Morgan fingerprint density at radius 3 is 2.39 bits per heavy atom. The largest absolute Gasteiger partial charge is 0.353 e. The van der Waals surface area contributed by atoms with Crippen LogP contribution in [0.3, 0.4) is 0 Å². The molecule has 41 heavy (non-hydrogen) atoms. The third kappa shape index (κ3) is 5.11. The first-order valence-electron chi connectivity index (χ1n) is 13.3. The Hall–Kier alpha value is -5.13. The molecule has 4 aromatic heterocycles. The molecule has 1 fully saturated rings. The van der Waals surface area contributed by atoms with Crippen molar-refractivity contribution in [2.45, 2.75) is 13.3 Å². The summed E-state index contributed by atoms with van der Waals surface area (Å²) in [5.74, 6) is 0.720. The zero-order valence-corrected chi connectivity index (χ0v) is 22.7. The van der Waals surface area contributed by atoms with Crippen LogP contribution in [0.2, 0.25) is 0 Å². The van der Waals surface area contributed by atoms with Gasteiger partial charge in [-0.1, -0.05) is 6.92 Å². The number of carbonyl (C=O) groups excluding carboxylic acids is 2. The molecule has 0 unspecified atom stereocenters. The fraction of sp³-hybridized carbons (Fsp3) is 0.241. The number of anilines is 2. The van der Waals surface area contributed by atoms with Crippen LogP contribution in [0.5, 0.6) is 0 Å². The maximum atomic E-state index is 13.8. The van der Waals surface area contributed by atoms with Crippen molar-refractivity contribution in [3.63, 3.8) is 0 Å². The Balaban J connectivity index is 1.39. The Labute approximate surface area is 235 Å². The molecule has 1 saturated heterocycles. The number of nitrogens with one attached hydrogen (secondary N) is 1. The van der Waals surface area contributed by atoms with Gasteiger partial charge >= 0.3 is 0 Å². The first-order chi connectivity index (χ1) is 19.9. The third-order valence-electron chi connectivity index (χ3n) is 7.13. The van der Waals surface area contributed by atoms with Crippen molar-refractivity contribution in [2.75, 3.05) is 36.4 Å². The molecule has 11 nitrogen and oxygen atoms in total. The maximum absolute atomic E-state index is 13.8. The Morgan fingerprint density at radius 1 is 0.951 bits per heavy atom. The molecule has 2 amide bonds. The number of nitrogens with zero attached hydrogens (tertiary/aromatic N) is 8. The lowest BCUT2D eigenvalue weighted by Crippen LogP contribution is -2.49. The summed E-state index contributed by atoms with van der Waals surface area (Å²) in [4.78, 5) is 37.4. The van der Waals surface area contributed by atoms with E-state index in [4.69, 9.17) is 10.2 Å². The lowest BCUT2D eigenvalue weighted by Gasteiger charge is -2.36. The molecule has 1 aromatic carbocycles. The monoisotopic (exact) mass is 553 g/mol. The lowest BCUT2D eigenvalue weighted by molar-refractivity contribution is -0.131. The minimum atomic E-state index is -0.331. The number of amides is 2. The van der Waals surface area contributed by atoms with Crippen LogP contribution in [0, 0.1) is 5.82 Å². The van der Waals surface area contributed by atoms with Gasteiger partial charge in [-0.15, -0.1) is 0 Å². The molecule has 0 aliphatic carbocycles. The molecule has 5 heterocycles. The number of hydrogen-bond acceptors (Lipinski definition) is 7. The summed E-state index contributed by atoms with van der Waals surface area (Å²) in [5, 5.41) is 12.5. The summed E-state index contributed by atoms with van der Waals surface area (Å²) in [6.45, 7) is 4.37. The van der Waals surface area contributed by atoms with Crippen LogP contribution in [-0.4, -0.2) is 72.3 Å². The van der Waals surface area contributed by atoms with Crippen molar-refractivity contribution in [1.29, 1.82) is 0 Å². The summed E-state index contributed by atoms with van der Waals surface area (Å²) in [6.07, 6.45) is 5.24. The van der Waals surface area contributed by atoms with E-state index in [1.807, 2.05) is 35.7 Å². The maximum Gasteiger partial charge on any atom is 0.256 e. The highest BCUT2D eigenvalue weighted by atomic mass is 19.1. The van der Waals surface area contributed by atoms with Gasteiger partial charge < -0.3 is 15.1 Å². The van der Waals surface area contributed by atoms with Crippen molar-refractivity contribution in [3.8, 4) is 22.5 Å². The molecular formula is C29H28FN9O2. The molecule has 0 saturated carbocycles. The van der Waals surface area contributed by atoms with E-state index in [1.54, 1.807) is 47.4 Å². The van der Waals surface area contributed by atoms with Gasteiger partial charge in [-0.3, -0.25) is 19.3 Å². The summed E-state index contributed by atoms with van der Waals surface area (Å²) >= 11 is 0. The van der Waals surface area contributed by atoms with Crippen molar-refractivity contribution in [1.82, 2.24) is 34.3 Å². The van der Waals surface area contributed by atoms with Gasteiger partial charge in [0.2, 0.25) is 5.91 Å². The number of rotatable bonds is 6. The fourth-order valence-electron chi connectivity index (χ4n) is 5.08. The SMILES string of the molecule is CCC(=O)N1CCN(c2c(-c3ccc4nc(NC(=O)c5ccncc5)cn4n3)c(-c3ccc(F)cc3)nn2C)CC1. The van der Waals surface area contributed by atoms with E-state index < -0.39 is 0 Å². The molecule has 1 N–H and O–H groups in total. The molecule has 1 aliphatic rings. The van der Waals surface area contributed by atoms with Gasteiger partial charge in [-0.2, -0.15) is 10.2 Å². The molecule has 6 rings (SSSR count). The number of imidazole rings is 1. The highest BCUT2D eigenvalue weighted by molar-refractivity contribution is 6.03. The summed E-state index contributed by atoms with van der Waals surface area (Å²) in [7, 11) is 1.87. The van der Waals surface area contributed by atoms with Crippen molar-refractivity contribution < 1.29 is 14.0 Å². The minimum absolute atomic E-state index is 0.140. The molecule has 0 spiro atoms. The Morgan fingerprint density at radius 2 is 1.68 bits per heavy atom. The highest BCUT2D eigenvalue weighted by Gasteiger charge is 2.28. The summed E-state index contributed by atoms with van der Waals surface area (Å²) in [5.41, 5.74) is 3.85. The number of halogens is 1. The molecule has 0 atom stereocenters. The predicted octanol–water partition coefficient (Wildman–Crippen LogP) is 3.64. The number of carbonyl (C=O) groups is 2. The minimum Gasteiger partial charge on any atom is -0.353 e. The van der Waals surface area contributed by atoms with Crippen LogP contribution in [0.25, 0.3) is 28.2 Å². The van der Waals surface area contributed by atoms with Gasteiger partial charge in [0.05, 0.1) is 17.5 Å². The number of fused-ring (bicyclic) bond motifs is 1. The highest BCUT2D eigenvalue weighted by Crippen LogP contribution is 2.39. The number of benzene rings is 1. The molecule has 0 radical (unpaired) electrons. The van der Waals surface area contributed by atoms with Crippen LogP contribution in [0.1, 0.15) is 23.7 Å². The van der Waals surface area contributed by atoms with Gasteiger partial charge in [0, 0.05) is 63.2 Å². The van der Waals surface area contributed by atoms with Gasteiger partial charge in [0.1, 0.15) is 17.3 Å². The number of hydrogen-bond donors (Lipinski definition) is 1. The number of aryl methyl sites for hydroxylation is 1. The second-order valence-electron chi connectivity index (χ2n) is 9.74. The van der Waals surface area contributed by atoms with Crippen LogP contribution in [0.4, 0.5) is 16.0 Å². The zero-order valence-electron chi connectivity index (χ0n) is 22.7. The molecule has 0 bridgehead atoms. The zero-order chi connectivity index (χ0) is 28.5. The van der Waals surface area contributed by atoms with E-state index in [0.29, 0.717) is 61.0 Å². The Kier molecular flexibility index (Phi) is 6.88. The topological polar surface area (TPSA) is 114 Å². The van der Waals surface area contributed by atoms with E-state index in [2.05, 4.69) is 20.2 Å². The first-order valence-corrected chi connectivity index (χ1v) is 13.3. The third-order valence-corrected chi connectivity index (χ3v) is 7.13. The average Bonchev–Trinajstić information content (AvgIpc) is 3.57. The smallest absolute Gasteiger partial charge is 0.256 e. The number of pyridine rings is 1. The predicted molar refractivity (Wildman–Crippen MR) is 152 cm³/mol. The summed E-state index contributed by atoms with van der Waals surface area (Å²) in [6, 6.07) is 13.2. The average molecular weight is 554 g/mol. The fourth-order valence-corrected chi connectivity index (χ4v) is 5.08. The van der Waals surface area contributed by atoms with Gasteiger partial charge in [0.15, 0.2) is 11.5 Å². The Bertz CT molecular complexity index is 1720. The van der Waals surface area contributed by atoms with Gasteiger partial charge in [-0.25, -0.2) is 13.9 Å². The van der Waals surface area contributed by atoms with Gasteiger partial charge in [0.25, 0.3) is 5.91 Å². The molecule has 12 heteroatoms. The molecule has 1 aliphatic heterocycles. The molecule has 208 valence electrons. The van der Waals surface area contributed by atoms with Crippen molar-refractivity contribution in [2.24, 2.45) is 7.05 Å².